The average molecular weight is 289 g/mol. The predicted molar refractivity (Wildman–Crippen MR) is 81.3 cm³/mol. The summed E-state index contributed by atoms with van der Waals surface area (Å²) in [4.78, 5) is 4.59. The molecule has 21 heavy (non-hydrogen) atoms. The Morgan fingerprint density at radius 3 is 2.38 bits per heavy atom. The van der Waals surface area contributed by atoms with Crippen LogP contribution in [-0.2, 0) is 13.0 Å². The summed E-state index contributed by atoms with van der Waals surface area (Å²) in [5.41, 5.74) is 0.210. The molecule has 0 amide bonds. The van der Waals surface area contributed by atoms with E-state index in [0.717, 1.165) is 23.6 Å². The monoisotopic (exact) mass is 289 g/mol. The quantitative estimate of drug-likeness (QED) is 0.887. The van der Waals surface area contributed by atoms with Gasteiger partial charge in [-0.1, -0.05) is 26.0 Å². The number of hydrogen-bond donors (Lipinski definition) is 2. The molecule has 0 fully saturated rings. The van der Waals surface area contributed by atoms with Crippen molar-refractivity contribution in [1.29, 1.82) is 0 Å². The first-order valence-electron chi connectivity index (χ1n) is 7.25. The molecule has 2 rings (SSSR count). The fourth-order valence-electron chi connectivity index (χ4n) is 2.27. The number of benzene rings is 1. The van der Waals surface area contributed by atoms with Gasteiger partial charge >= 0.3 is 0 Å². The Balaban J connectivity index is 2.37. The maximum Gasteiger partial charge on any atom is 0.150 e. The minimum absolute atomic E-state index is 0.0424. The van der Waals surface area contributed by atoms with Crippen LogP contribution in [0.5, 0.6) is 5.75 Å². The molecule has 1 unspecified atom stereocenters. The molecular formula is C16H23N3O2. The van der Waals surface area contributed by atoms with Crippen LogP contribution < -0.4 is 0 Å². The predicted octanol–water partition coefficient (Wildman–Crippen LogP) is 2.47. The first kappa shape index (κ1) is 15.5. The minimum atomic E-state index is -0.845. The second-order valence-electron chi connectivity index (χ2n) is 6.02. The van der Waals surface area contributed by atoms with E-state index in [4.69, 9.17) is 0 Å². The Labute approximate surface area is 125 Å². The van der Waals surface area contributed by atoms with E-state index in [-0.39, 0.29) is 11.7 Å². The second kappa shape index (κ2) is 5.85. The molecule has 1 aromatic carbocycles. The van der Waals surface area contributed by atoms with Crippen LogP contribution in [0.25, 0.3) is 0 Å². The summed E-state index contributed by atoms with van der Waals surface area (Å²) in [6.45, 7) is 7.98. The van der Waals surface area contributed by atoms with Gasteiger partial charge in [-0.2, -0.15) is 5.10 Å². The number of rotatable bonds is 5. The number of aryl methyl sites for hydroxylation is 1. The smallest absolute Gasteiger partial charge is 0.150 e. The molecule has 0 radical (unpaired) electrons. The number of phenols is 1. The number of aliphatic hydroxyl groups is 1. The largest absolute Gasteiger partial charge is 0.508 e. The Morgan fingerprint density at radius 1 is 1.24 bits per heavy atom. The van der Waals surface area contributed by atoms with E-state index in [1.807, 2.05) is 19.1 Å². The highest BCUT2D eigenvalue weighted by atomic mass is 16.3. The number of aromatic nitrogens is 3. The third-order valence-corrected chi connectivity index (χ3v) is 3.38. The van der Waals surface area contributed by atoms with Gasteiger partial charge in [0.2, 0.25) is 0 Å². The van der Waals surface area contributed by atoms with Crippen molar-refractivity contribution in [2.45, 2.75) is 52.2 Å². The van der Waals surface area contributed by atoms with Crippen LogP contribution in [0.1, 0.15) is 50.8 Å². The Kier molecular flexibility index (Phi) is 4.32. The number of aromatic hydroxyl groups is 1. The van der Waals surface area contributed by atoms with Crippen LogP contribution in [0.3, 0.4) is 0 Å². The van der Waals surface area contributed by atoms with Gasteiger partial charge in [-0.05, 0) is 31.5 Å². The summed E-state index contributed by atoms with van der Waals surface area (Å²) in [5.74, 6) is 1.90. The number of hydrogen-bond acceptors (Lipinski definition) is 4. The lowest BCUT2D eigenvalue weighted by Crippen LogP contribution is -2.28. The van der Waals surface area contributed by atoms with Gasteiger partial charge in [-0.15, -0.1) is 0 Å². The molecule has 1 aromatic heterocycles. The molecule has 0 aliphatic carbocycles. The highest BCUT2D eigenvalue weighted by Crippen LogP contribution is 2.25. The molecule has 5 heteroatoms. The first-order chi connectivity index (χ1) is 9.80. The van der Waals surface area contributed by atoms with Gasteiger partial charge in [0, 0.05) is 12.3 Å². The summed E-state index contributed by atoms with van der Waals surface area (Å²) < 4.78 is 1.79. The zero-order chi connectivity index (χ0) is 15.6. The molecule has 1 heterocycles. The molecule has 2 aromatic rings. The molecule has 5 nitrogen and oxygen atoms in total. The van der Waals surface area contributed by atoms with Crippen molar-refractivity contribution >= 4 is 0 Å². The zero-order valence-corrected chi connectivity index (χ0v) is 13.0. The standard InChI is InChI=1S/C16H23N3O2/c1-5-14-17-15(19(18-14)10-16(3,4)21)11(2)12-6-8-13(20)9-7-12/h6-9,11,20-21H,5,10H2,1-4H3. The van der Waals surface area contributed by atoms with Crippen molar-refractivity contribution in [3.05, 3.63) is 41.5 Å². The summed E-state index contributed by atoms with van der Waals surface area (Å²) in [6.07, 6.45) is 0.758. The van der Waals surface area contributed by atoms with Gasteiger partial charge in [0.15, 0.2) is 5.82 Å². The topological polar surface area (TPSA) is 71.2 Å². The molecule has 0 spiro atoms. The van der Waals surface area contributed by atoms with Crippen LogP contribution in [-0.4, -0.2) is 30.6 Å². The SMILES string of the molecule is CCc1nc(C(C)c2ccc(O)cc2)n(CC(C)(C)O)n1. The Bertz CT molecular complexity index is 597. The molecule has 0 saturated heterocycles. The van der Waals surface area contributed by atoms with Crippen LogP contribution >= 0.6 is 0 Å². The fourth-order valence-corrected chi connectivity index (χ4v) is 2.27. The lowest BCUT2D eigenvalue weighted by molar-refractivity contribution is 0.0564. The summed E-state index contributed by atoms with van der Waals surface area (Å²) in [7, 11) is 0. The van der Waals surface area contributed by atoms with E-state index in [1.165, 1.54) is 0 Å². The number of phenolic OH excluding ortho intramolecular Hbond substituents is 1. The molecular weight excluding hydrogens is 266 g/mol. The fraction of sp³-hybridized carbons (Fsp3) is 0.500. The van der Waals surface area contributed by atoms with Gasteiger partial charge in [0.1, 0.15) is 11.6 Å². The van der Waals surface area contributed by atoms with E-state index < -0.39 is 5.60 Å². The van der Waals surface area contributed by atoms with E-state index >= 15 is 0 Å². The highest BCUT2D eigenvalue weighted by Gasteiger charge is 2.22. The van der Waals surface area contributed by atoms with Crippen LogP contribution in [0, 0.1) is 0 Å². The van der Waals surface area contributed by atoms with Gasteiger partial charge < -0.3 is 10.2 Å². The van der Waals surface area contributed by atoms with Crippen molar-refractivity contribution in [3.8, 4) is 5.75 Å². The summed E-state index contributed by atoms with van der Waals surface area (Å²) >= 11 is 0. The van der Waals surface area contributed by atoms with Crippen molar-refractivity contribution in [2.75, 3.05) is 0 Å². The van der Waals surface area contributed by atoms with Crippen LogP contribution in [0.15, 0.2) is 24.3 Å². The van der Waals surface area contributed by atoms with Crippen LogP contribution in [0.4, 0.5) is 0 Å². The maximum absolute atomic E-state index is 10.0. The van der Waals surface area contributed by atoms with Crippen LogP contribution in [0.2, 0.25) is 0 Å². The molecule has 2 N–H and O–H groups in total. The molecule has 0 saturated carbocycles. The van der Waals surface area contributed by atoms with Gasteiger partial charge in [-0.3, -0.25) is 0 Å². The zero-order valence-electron chi connectivity index (χ0n) is 13.0. The third kappa shape index (κ3) is 3.82. The number of nitrogens with zero attached hydrogens (tertiary/aromatic N) is 3. The van der Waals surface area contributed by atoms with Crippen molar-refractivity contribution < 1.29 is 10.2 Å². The Hall–Kier alpha value is -1.88. The molecule has 114 valence electrons. The third-order valence-electron chi connectivity index (χ3n) is 3.38. The minimum Gasteiger partial charge on any atom is -0.508 e. The van der Waals surface area contributed by atoms with Crippen molar-refractivity contribution in [1.82, 2.24) is 14.8 Å². The van der Waals surface area contributed by atoms with E-state index in [2.05, 4.69) is 17.0 Å². The normalized spacial score (nSPS) is 13.4. The van der Waals surface area contributed by atoms with Gasteiger partial charge in [0.05, 0.1) is 12.1 Å². The van der Waals surface area contributed by atoms with E-state index in [0.29, 0.717) is 6.54 Å². The second-order valence-corrected chi connectivity index (χ2v) is 6.02. The lowest BCUT2D eigenvalue weighted by atomic mass is 10.00. The van der Waals surface area contributed by atoms with E-state index in [9.17, 15) is 10.2 Å². The summed E-state index contributed by atoms with van der Waals surface area (Å²) in [5, 5.41) is 23.9. The highest BCUT2D eigenvalue weighted by molar-refractivity contribution is 5.31. The summed E-state index contributed by atoms with van der Waals surface area (Å²) in [6, 6.07) is 7.11. The lowest BCUT2D eigenvalue weighted by Gasteiger charge is -2.20. The van der Waals surface area contributed by atoms with E-state index in [1.54, 1.807) is 30.7 Å². The molecule has 0 aliphatic rings. The van der Waals surface area contributed by atoms with Crippen molar-refractivity contribution in [2.24, 2.45) is 0 Å². The van der Waals surface area contributed by atoms with Crippen molar-refractivity contribution in [3.63, 3.8) is 0 Å². The molecule has 0 bridgehead atoms. The van der Waals surface area contributed by atoms with Gasteiger partial charge in [-0.25, -0.2) is 9.67 Å². The van der Waals surface area contributed by atoms with Gasteiger partial charge in [0.25, 0.3) is 0 Å². The first-order valence-corrected chi connectivity index (χ1v) is 7.25. The Morgan fingerprint density at radius 2 is 1.86 bits per heavy atom. The average Bonchev–Trinajstić information content (AvgIpc) is 2.79. The molecule has 0 aliphatic heterocycles. The maximum atomic E-state index is 10.0. The molecule has 1 atom stereocenters.